The van der Waals surface area contributed by atoms with Crippen molar-refractivity contribution in [2.24, 2.45) is 0 Å². The van der Waals surface area contributed by atoms with E-state index in [2.05, 4.69) is 22.0 Å². The lowest BCUT2D eigenvalue weighted by molar-refractivity contribution is -0.135. The van der Waals surface area contributed by atoms with Crippen molar-refractivity contribution in [2.75, 3.05) is 50.7 Å². The lowest BCUT2D eigenvalue weighted by Gasteiger charge is -2.37. The smallest absolute Gasteiger partial charge is 0.242 e. The second-order valence-corrected chi connectivity index (χ2v) is 8.05. The van der Waals surface area contributed by atoms with Crippen molar-refractivity contribution in [1.82, 2.24) is 15.1 Å². The standard InChI is InChI=1S/C21H31ClN4O2/c1-2-10-25-11-4-3-5-19(25)21(28)23-16-20(27)26-14-12-24(13-15-26)18-8-6-17(22)7-9-18/h6-9,19H,2-5,10-16H2,1H3,(H,23,28). The zero-order valence-corrected chi connectivity index (χ0v) is 17.5. The number of likely N-dealkylation sites (tertiary alicyclic amines) is 1. The summed E-state index contributed by atoms with van der Waals surface area (Å²) >= 11 is 5.95. The largest absolute Gasteiger partial charge is 0.368 e. The first-order chi connectivity index (χ1) is 13.6. The van der Waals surface area contributed by atoms with E-state index in [0.717, 1.165) is 62.6 Å². The topological polar surface area (TPSA) is 55.9 Å². The zero-order valence-electron chi connectivity index (χ0n) is 16.7. The highest BCUT2D eigenvalue weighted by Gasteiger charge is 2.29. The molecule has 0 bridgehead atoms. The average Bonchev–Trinajstić information content (AvgIpc) is 2.73. The van der Waals surface area contributed by atoms with Crippen LogP contribution in [-0.2, 0) is 9.59 Å². The predicted molar refractivity (Wildman–Crippen MR) is 113 cm³/mol. The summed E-state index contributed by atoms with van der Waals surface area (Å²) in [5.74, 6) is 0.00302. The third-order valence-corrected chi connectivity index (χ3v) is 5.92. The number of nitrogens with zero attached hydrogens (tertiary/aromatic N) is 3. The molecule has 0 saturated carbocycles. The zero-order chi connectivity index (χ0) is 19.9. The normalized spacial score (nSPS) is 20.9. The number of piperazine rings is 1. The average molecular weight is 407 g/mol. The summed E-state index contributed by atoms with van der Waals surface area (Å²) in [6, 6.07) is 7.70. The van der Waals surface area contributed by atoms with Crippen molar-refractivity contribution < 1.29 is 9.59 Å². The van der Waals surface area contributed by atoms with Crippen molar-refractivity contribution in [2.45, 2.75) is 38.6 Å². The van der Waals surface area contributed by atoms with E-state index < -0.39 is 0 Å². The summed E-state index contributed by atoms with van der Waals surface area (Å²) in [5, 5.41) is 3.61. The van der Waals surface area contributed by atoms with Gasteiger partial charge < -0.3 is 15.1 Å². The monoisotopic (exact) mass is 406 g/mol. The van der Waals surface area contributed by atoms with Crippen LogP contribution in [0.15, 0.2) is 24.3 Å². The first kappa shape index (κ1) is 20.9. The minimum atomic E-state index is -0.0803. The molecule has 1 unspecified atom stereocenters. The summed E-state index contributed by atoms with van der Waals surface area (Å²) in [7, 11) is 0. The Balaban J connectivity index is 1.44. The van der Waals surface area contributed by atoms with E-state index in [-0.39, 0.29) is 24.4 Å². The quantitative estimate of drug-likeness (QED) is 0.788. The van der Waals surface area contributed by atoms with Gasteiger partial charge in [-0.2, -0.15) is 0 Å². The van der Waals surface area contributed by atoms with Gasteiger partial charge in [-0.3, -0.25) is 14.5 Å². The Bertz CT molecular complexity index is 657. The van der Waals surface area contributed by atoms with Crippen LogP contribution >= 0.6 is 11.6 Å². The van der Waals surface area contributed by atoms with Crippen LogP contribution in [0.3, 0.4) is 0 Å². The first-order valence-electron chi connectivity index (χ1n) is 10.4. The molecule has 0 aromatic heterocycles. The Hall–Kier alpha value is -1.79. The number of carbonyl (C=O) groups is 2. The van der Waals surface area contributed by atoms with Crippen LogP contribution in [0.4, 0.5) is 5.69 Å². The summed E-state index contributed by atoms with van der Waals surface area (Å²) in [4.78, 5) is 31.5. The second kappa shape index (κ2) is 10.1. The number of halogens is 1. The van der Waals surface area contributed by atoms with E-state index in [4.69, 9.17) is 11.6 Å². The van der Waals surface area contributed by atoms with Crippen molar-refractivity contribution in [3.05, 3.63) is 29.3 Å². The van der Waals surface area contributed by atoms with Crippen LogP contribution in [0.5, 0.6) is 0 Å². The van der Waals surface area contributed by atoms with Gasteiger partial charge in [0.25, 0.3) is 0 Å². The molecule has 2 fully saturated rings. The highest BCUT2D eigenvalue weighted by molar-refractivity contribution is 6.30. The maximum absolute atomic E-state index is 12.6. The molecule has 0 radical (unpaired) electrons. The molecule has 1 aromatic carbocycles. The van der Waals surface area contributed by atoms with Crippen LogP contribution in [-0.4, -0.2) is 73.5 Å². The maximum Gasteiger partial charge on any atom is 0.242 e. The molecular weight excluding hydrogens is 376 g/mol. The number of nitrogens with one attached hydrogen (secondary N) is 1. The molecule has 1 N–H and O–H groups in total. The lowest BCUT2D eigenvalue weighted by atomic mass is 10.0. The van der Waals surface area contributed by atoms with Gasteiger partial charge in [-0.15, -0.1) is 0 Å². The molecule has 6 nitrogen and oxygen atoms in total. The number of anilines is 1. The van der Waals surface area contributed by atoms with E-state index in [0.29, 0.717) is 13.1 Å². The lowest BCUT2D eigenvalue weighted by Crippen LogP contribution is -2.54. The van der Waals surface area contributed by atoms with Gasteiger partial charge in [0, 0.05) is 36.9 Å². The van der Waals surface area contributed by atoms with Crippen LogP contribution in [0.25, 0.3) is 0 Å². The van der Waals surface area contributed by atoms with E-state index >= 15 is 0 Å². The number of amides is 2. The Labute approximate surface area is 172 Å². The van der Waals surface area contributed by atoms with Crippen molar-refractivity contribution in [3.63, 3.8) is 0 Å². The Morgan fingerprint density at radius 2 is 1.79 bits per heavy atom. The third-order valence-electron chi connectivity index (χ3n) is 5.67. The predicted octanol–water partition coefficient (Wildman–Crippen LogP) is 2.37. The Morgan fingerprint density at radius 3 is 2.46 bits per heavy atom. The molecule has 28 heavy (non-hydrogen) atoms. The van der Waals surface area contributed by atoms with Crippen LogP contribution < -0.4 is 10.2 Å². The fourth-order valence-corrected chi connectivity index (χ4v) is 4.23. The van der Waals surface area contributed by atoms with Gasteiger partial charge in [-0.05, 0) is 56.6 Å². The number of rotatable bonds is 6. The van der Waals surface area contributed by atoms with Crippen molar-refractivity contribution in [1.29, 1.82) is 0 Å². The molecule has 2 amide bonds. The van der Waals surface area contributed by atoms with E-state index in [1.54, 1.807) is 0 Å². The molecule has 0 spiro atoms. The fraction of sp³-hybridized carbons (Fsp3) is 0.619. The highest BCUT2D eigenvalue weighted by atomic mass is 35.5. The summed E-state index contributed by atoms with van der Waals surface area (Å²) in [6.45, 7) is 7.06. The van der Waals surface area contributed by atoms with E-state index in [9.17, 15) is 9.59 Å². The molecule has 3 rings (SSSR count). The van der Waals surface area contributed by atoms with Gasteiger partial charge in [-0.1, -0.05) is 24.9 Å². The number of benzene rings is 1. The number of hydrogen-bond donors (Lipinski definition) is 1. The molecule has 1 atom stereocenters. The molecule has 2 aliphatic heterocycles. The van der Waals surface area contributed by atoms with Gasteiger partial charge in [0.15, 0.2) is 0 Å². The first-order valence-corrected chi connectivity index (χ1v) is 10.8. The number of carbonyl (C=O) groups excluding carboxylic acids is 2. The van der Waals surface area contributed by atoms with Crippen LogP contribution in [0, 0.1) is 0 Å². The van der Waals surface area contributed by atoms with Crippen molar-refractivity contribution in [3.8, 4) is 0 Å². The molecule has 154 valence electrons. The molecule has 2 heterocycles. The fourth-order valence-electron chi connectivity index (χ4n) is 4.10. The molecule has 0 aliphatic carbocycles. The van der Waals surface area contributed by atoms with Crippen LogP contribution in [0.1, 0.15) is 32.6 Å². The van der Waals surface area contributed by atoms with Crippen molar-refractivity contribution >= 4 is 29.1 Å². The maximum atomic E-state index is 12.6. The summed E-state index contributed by atoms with van der Waals surface area (Å²) in [5.41, 5.74) is 1.12. The van der Waals surface area contributed by atoms with Gasteiger partial charge in [0.2, 0.25) is 11.8 Å². The SMILES string of the molecule is CCCN1CCCCC1C(=O)NCC(=O)N1CCN(c2ccc(Cl)cc2)CC1. The Kier molecular flexibility index (Phi) is 7.57. The summed E-state index contributed by atoms with van der Waals surface area (Å²) < 4.78 is 0. The van der Waals surface area contributed by atoms with Gasteiger partial charge in [-0.25, -0.2) is 0 Å². The molecule has 7 heteroatoms. The number of hydrogen-bond acceptors (Lipinski definition) is 4. The minimum absolute atomic E-state index is 0.00120. The third kappa shape index (κ3) is 5.39. The molecule has 2 aliphatic rings. The van der Waals surface area contributed by atoms with Crippen LogP contribution in [0.2, 0.25) is 5.02 Å². The molecular formula is C21H31ClN4O2. The van der Waals surface area contributed by atoms with E-state index in [1.165, 1.54) is 0 Å². The van der Waals surface area contributed by atoms with Gasteiger partial charge in [0.05, 0.1) is 12.6 Å². The van der Waals surface area contributed by atoms with Gasteiger partial charge >= 0.3 is 0 Å². The second-order valence-electron chi connectivity index (χ2n) is 7.61. The van der Waals surface area contributed by atoms with Gasteiger partial charge in [0.1, 0.15) is 0 Å². The minimum Gasteiger partial charge on any atom is -0.368 e. The number of piperidine rings is 1. The molecule has 2 saturated heterocycles. The van der Waals surface area contributed by atoms with E-state index in [1.807, 2.05) is 29.2 Å². The Morgan fingerprint density at radius 1 is 1.07 bits per heavy atom. The molecule has 1 aromatic rings. The summed E-state index contributed by atoms with van der Waals surface area (Å²) in [6.07, 6.45) is 4.17. The highest BCUT2D eigenvalue weighted by Crippen LogP contribution is 2.20.